The van der Waals surface area contributed by atoms with Crippen molar-refractivity contribution in [2.24, 2.45) is 0 Å². The fourth-order valence-corrected chi connectivity index (χ4v) is 3.36. The largest absolute Gasteiger partial charge is 0.303 e. The monoisotopic (exact) mass is 238 g/mol. The highest BCUT2D eigenvalue weighted by Crippen LogP contribution is 2.30. The molecule has 1 fully saturated rings. The maximum Gasteiger partial charge on any atom is 0.113 e. The Balaban J connectivity index is 2.10. The number of aromatic nitrogens is 1. The zero-order valence-electron chi connectivity index (χ0n) is 10.8. The Kier molecular flexibility index (Phi) is 3.36. The van der Waals surface area contributed by atoms with Crippen LogP contribution in [0.5, 0.6) is 0 Å². The molecule has 1 heterocycles. The van der Waals surface area contributed by atoms with Crippen molar-refractivity contribution in [2.75, 3.05) is 0 Å². The molecule has 1 aliphatic rings. The Hall–Kier alpha value is -0.410. The van der Waals surface area contributed by atoms with E-state index in [4.69, 9.17) is 0 Å². The summed E-state index contributed by atoms with van der Waals surface area (Å²) in [5.41, 5.74) is 1.21. The van der Waals surface area contributed by atoms with Crippen LogP contribution in [-0.2, 0) is 5.54 Å². The van der Waals surface area contributed by atoms with Gasteiger partial charge in [-0.1, -0.05) is 12.8 Å². The van der Waals surface area contributed by atoms with E-state index in [1.165, 1.54) is 41.3 Å². The lowest BCUT2D eigenvalue weighted by atomic mass is 10.0. The molecule has 0 aromatic carbocycles. The van der Waals surface area contributed by atoms with Crippen molar-refractivity contribution >= 4 is 11.3 Å². The predicted molar refractivity (Wildman–Crippen MR) is 70.0 cm³/mol. The van der Waals surface area contributed by atoms with Crippen molar-refractivity contribution < 1.29 is 0 Å². The highest BCUT2D eigenvalue weighted by Gasteiger charge is 2.28. The number of hydrogen-bond donors (Lipinski definition) is 1. The molecule has 2 nitrogen and oxygen atoms in total. The molecule has 1 aliphatic carbocycles. The van der Waals surface area contributed by atoms with Crippen LogP contribution < -0.4 is 5.32 Å². The summed E-state index contributed by atoms with van der Waals surface area (Å²) in [6.07, 6.45) is 5.41. The van der Waals surface area contributed by atoms with Gasteiger partial charge in [0, 0.05) is 10.9 Å². The van der Waals surface area contributed by atoms with Gasteiger partial charge in [-0.15, -0.1) is 11.3 Å². The molecule has 3 heteroatoms. The summed E-state index contributed by atoms with van der Waals surface area (Å²) >= 11 is 1.83. The molecule has 1 aromatic heterocycles. The lowest BCUT2D eigenvalue weighted by Crippen LogP contribution is -2.42. The second-order valence-corrected chi connectivity index (χ2v) is 6.61. The lowest BCUT2D eigenvalue weighted by Gasteiger charge is -2.28. The second kappa shape index (κ2) is 4.46. The van der Waals surface area contributed by atoms with Gasteiger partial charge < -0.3 is 5.32 Å². The van der Waals surface area contributed by atoms with E-state index in [0.29, 0.717) is 6.04 Å². The zero-order chi connectivity index (χ0) is 11.8. The van der Waals surface area contributed by atoms with Crippen LogP contribution in [0.25, 0.3) is 0 Å². The summed E-state index contributed by atoms with van der Waals surface area (Å²) in [6, 6.07) is 0.694. The van der Waals surface area contributed by atoms with Crippen LogP contribution in [0.15, 0.2) is 0 Å². The fourth-order valence-electron chi connectivity index (χ4n) is 2.38. The molecular weight excluding hydrogens is 216 g/mol. The molecule has 0 bridgehead atoms. The zero-order valence-corrected chi connectivity index (χ0v) is 11.6. The fraction of sp³-hybridized carbons (Fsp3) is 0.769. The second-order valence-electron chi connectivity index (χ2n) is 5.41. The van der Waals surface area contributed by atoms with Gasteiger partial charge in [0.2, 0.25) is 0 Å². The number of thiazole rings is 1. The number of aryl methyl sites for hydroxylation is 2. The molecule has 0 aliphatic heterocycles. The Labute approximate surface area is 102 Å². The SMILES string of the molecule is Cc1nc(C(C)(C)NC2CCCC2)sc1C. The Morgan fingerprint density at radius 2 is 1.88 bits per heavy atom. The molecule has 0 saturated heterocycles. The van der Waals surface area contributed by atoms with Crippen LogP contribution in [0, 0.1) is 13.8 Å². The van der Waals surface area contributed by atoms with Gasteiger partial charge in [-0.3, -0.25) is 0 Å². The van der Waals surface area contributed by atoms with E-state index >= 15 is 0 Å². The molecule has 0 spiro atoms. The summed E-state index contributed by atoms with van der Waals surface area (Å²) in [7, 11) is 0. The third-order valence-corrected chi connectivity index (χ3v) is 4.88. The molecule has 1 N–H and O–H groups in total. The Morgan fingerprint density at radius 1 is 1.25 bits per heavy atom. The molecule has 1 saturated carbocycles. The van der Waals surface area contributed by atoms with E-state index in [9.17, 15) is 0 Å². The van der Waals surface area contributed by atoms with Crippen molar-refractivity contribution in [2.45, 2.75) is 65.0 Å². The summed E-state index contributed by atoms with van der Waals surface area (Å²) in [6.45, 7) is 8.76. The molecule has 16 heavy (non-hydrogen) atoms. The third kappa shape index (κ3) is 2.46. The van der Waals surface area contributed by atoms with Gasteiger partial charge in [-0.2, -0.15) is 0 Å². The minimum absolute atomic E-state index is 0.0265. The standard InChI is InChI=1S/C13H22N2S/c1-9-10(2)16-12(14-9)13(3,4)15-11-7-5-6-8-11/h11,15H,5-8H2,1-4H3. The highest BCUT2D eigenvalue weighted by molar-refractivity contribution is 7.11. The molecule has 2 rings (SSSR count). The average molecular weight is 238 g/mol. The topological polar surface area (TPSA) is 24.9 Å². The summed E-state index contributed by atoms with van der Waals surface area (Å²) in [5, 5.41) is 4.99. The molecule has 0 unspecified atom stereocenters. The number of nitrogens with one attached hydrogen (secondary N) is 1. The Bertz CT molecular complexity index is 343. The number of nitrogens with zero attached hydrogens (tertiary/aromatic N) is 1. The van der Waals surface area contributed by atoms with Gasteiger partial charge in [0.05, 0.1) is 11.2 Å². The molecular formula is C13H22N2S. The first-order valence-corrected chi connectivity index (χ1v) is 7.03. The lowest BCUT2D eigenvalue weighted by molar-refractivity contribution is 0.341. The molecule has 0 radical (unpaired) electrons. The third-order valence-electron chi connectivity index (χ3n) is 3.48. The van der Waals surface area contributed by atoms with Crippen LogP contribution in [-0.4, -0.2) is 11.0 Å². The van der Waals surface area contributed by atoms with Crippen molar-refractivity contribution in [3.63, 3.8) is 0 Å². The summed E-state index contributed by atoms with van der Waals surface area (Å²) in [5.74, 6) is 0. The van der Waals surface area contributed by atoms with Gasteiger partial charge in [-0.25, -0.2) is 4.98 Å². The minimum atomic E-state index is 0.0265. The molecule has 1 aromatic rings. The first-order chi connectivity index (χ1) is 7.49. The molecule has 90 valence electrons. The van der Waals surface area contributed by atoms with E-state index in [-0.39, 0.29) is 5.54 Å². The van der Waals surface area contributed by atoms with E-state index in [2.05, 4.69) is 38.0 Å². The van der Waals surface area contributed by atoms with Gasteiger partial charge in [0.15, 0.2) is 0 Å². The van der Waals surface area contributed by atoms with Crippen LogP contribution in [0.4, 0.5) is 0 Å². The van der Waals surface area contributed by atoms with Crippen molar-refractivity contribution in [3.05, 3.63) is 15.6 Å². The average Bonchev–Trinajstić information content (AvgIpc) is 2.78. The molecule has 0 atom stereocenters. The smallest absolute Gasteiger partial charge is 0.113 e. The van der Waals surface area contributed by atoms with Crippen molar-refractivity contribution in [1.82, 2.24) is 10.3 Å². The maximum absolute atomic E-state index is 4.68. The summed E-state index contributed by atoms with van der Waals surface area (Å²) in [4.78, 5) is 6.02. The van der Waals surface area contributed by atoms with Crippen LogP contribution in [0.2, 0.25) is 0 Å². The van der Waals surface area contributed by atoms with E-state index in [1.807, 2.05) is 11.3 Å². The van der Waals surface area contributed by atoms with Crippen LogP contribution in [0.1, 0.15) is 55.1 Å². The number of rotatable bonds is 3. The first kappa shape index (κ1) is 12.1. The van der Waals surface area contributed by atoms with E-state index in [1.54, 1.807) is 0 Å². The minimum Gasteiger partial charge on any atom is -0.303 e. The molecule has 0 amide bonds. The maximum atomic E-state index is 4.68. The quantitative estimate of drug-likeness (QED) is 0.871. The predicted octanol–water partition coefficient (Wildman–Crippen LogP) is 3.53. The first-order valence-electron chi connectivity index (χ1n) is 6.21. The van der Waals surface area contributed by atoms with E-state index < -0.39 is 0 Å². The van der Waals surface area contributed by atoms with Gasteiger partial charge in [0.1, 0.15) is 5.01 Å². The Morgan fingerprint density at radius 3 is 2.38 bits per heavy atom. The van der Waals surface area contributed by atoms with Crippen molar-refractivity contribution in [3.8, 4) is 0 Å². The normalized spacial score (nSPS) is 18.2. The highest BCUT2D eigenvalue weighted by atomic mass is 32.1. The van der Waals surface area contributed by atoms with E-state index in [0.717, 1.165) is 0 Å². The van der Waals surface area contributed by atoms with Gasteiger partial charge >= 0.3 is 0 Å². The number of hydrogen-bond acceptors (Lipinski definition) is 3. The van der Waals surface area contributed by atoms with Gasteiger partial charge in [-0.05, 0) is 40.5 Å². The van der Waals surface area contributed by atoms with Crippen molar-refractivity contribution in [1.29, 1.82) is 0 Å². The van der Waals surface area contributed by atoms with Crippen LogP contribution in [0.3, 0.4) is 0 Å². The van der Waals surface area contributed by atoms with Gasteiger partial charge in [0.25, 0.3) is 0 Å². The summed E-state index contributed by atoms with van der Waals surface area (Å²) < 4.78 is 0. The van der Waals surface area contributed by atoms with Crippen LogP contribution >= 0.6 is 11.3 Å².